The molecule has 3 aliphatic heterocycles. The maximum Gasteiger partial charge on any atom is 0.308 e. The van der Waals surface area contributed by atoms with Crippen LogP contribution in [-0.4, -0.2) is 68.1 Å². The smallest absolute Gasteiger partial charge is 0.308 e. The molecule has 0 saturated carbocycles. The molecule has 1 spiro atoms. The molecule has 0 aliphatic carbocycles. The molecular formula is C33H34N2O5S. The van der Waals surface area contributed by atoms with E-state index in [1.807, 2.05) is 79.7 Å². The number of aliphatic hydroxyl groups is 1. The molecule has 7 nitrogen and oxygen atoms in total. The van der Waals surface area contributed by atoms with Gasteiger partial charge in [-0.05, 0) is 47.2 Å². The fourth-order valence-electron chi connectivity index (χ4n) is 7.50. The SMILES string of the molecule is C=CCN(C(=O)C1N([C@@H](CO)Cc2ccccc2)C(=O)[C@@H]2[C@@H](C(=O)O)[C@H]3CC(C)C12S3)c1ccc2ccccc2c1. The molecule has 3 unspecified atom stereocenters. The number of carbonyl (C=O) groups is 3. The first-order valence-electron chi connectivity index (χ1n) is 14.1. The number of benzene rings is 3. The van der Waals surface area contributed by atoms with Gasteiger partial charge in [0.2, 0.25) is 5.91 Å². The van der Waals surface area contributed by atoms with Crippen LogP contribution in [0, 0.1) is 17.8 Å². The number of hydrogen-bond donors (Lipinski definition) is 2. The van der Waals surface area contributed by atoms with Crippen molar-refractivity contribution >= 4 is 46.0 Å². The Morgan fingerprint density at radius 1 is 1.12 bits per heavy atom. The molecule has 3 saturated heterocycles. The fraction of sp³-hybridized carbons (Fsp3) is 0.364. The van der Waals surface area contributed by atoms with Gasteiger partial charge in [0.25, 0.3) is 5.91 Å². The molecule has 41 heavy (non-hydrogen) atoms. The zero-order valence-electron chi connectivity index (χ0n) is 22.9. The number of amides is 2. The Morgan fingerprint density at radius 3 is 2.51 bits per heavy atom. The summed E-state index contributed by atoms with van der Waals surface area (Å²) in [4.78, 5) is 45.0. The predicted octanol–water partition coefficient (Wildman–Crippen LogP) is 4.38. The summed E-state index contributed by atoms with van der Waals surface area (Å²) in [5.41, 5.74) is 1.61. The average molecular weight is 571 g/mol. The Kier molecular flexibility index (Phi) is 7.16. The van der Waals surface area contributed by atoms with Gasteiger partial charge < -0.3 is 20.0 Å². The highest BCUT2D eigenvalue weighted by Gasteiger charge is 2.77. The number of rotatable bonds is 9. The van der Waals surface area contributed by atoms with Crippen molar-refractivity contribution in [2.24, 2.45) is 17.8 Å². The molecule has 3 aromatic carbocycles. The van der Waals surface area contributed by atoms with Crippen molar-refractivity contribution in [3.63, 3.8) is 0 Å². The largest absolute Gasteiger partial charge is 0.481 e. The van der Waals surface area contributed by atoms with Crippen molar-refractivity contribution in [2.45, 2.75) is 41.8 Å². The minimum Gasteiger partial charge on any atom is -0.481 e. The number of fused-ring (bicyclic) bond motifs is 2. The number of aliphatic hydroxyl groups excluding tert-OH is 1. The molecule has 3 aliphatic rings. The predicted molar refractivity (Wildman–Crippen MR) is 161 cm³/mol. The number of hydrogen-bond acceptors (Lipinski definition) is 5. The van der Waals surface area contributed by atoms with Gasteiger partial charge in [0.05, 0.1) is 29.2 Å². The molecule has 2 amide bonds. The molecule has 3 fully saturated rings. The van der Waals surface area contributed by atoms with Crippen molar-refractivity contribution < 1.29 is 24.6 Å². The van der Waals surface area contributed by atoms with Gasteiger partial charge in [0, 0.05) is 17.5 Å². The van der Waals surface area contributed by atoms with E-state index in [9.17, 15) is 24.6 Å². The maximum absolute atomic E-state index is 14.9. The average Bonchev–Trinajstić information content (AvgIpc) is 3.58. The second kappa shape index (κ2) is 10.7. The summed E-state index contributed by atoms with van der Waals surface area (Å²) in [5.74, 6) is -3.37. The molecule has 212 valence electrons. The Balaban J connectivity index is 1.48. The van der Waals surface area contributed by atoms with Crippen molar-refractivity contribution in [3.8, 4) is 0 Å². The Bertz CT molecular complexity index is 1510. The molecule has 8 heteroatoms. The summed E-state index contributed by atoms with van der Waals surface area (Å²) in [6.45, 7) is 5.82. The van der Waals surface area contributed by atoms with Crippen molar-refractivity contribution in [2.75, 3.05) is 18.1 Å². The molecule has 2 bridgehead atoms. The third-order valence-electron chi connectivity index (χ3n) is 9.24. The van der Waals surface area contributed by atoms with Gasteiger partial charge in [0.15, 0.2) is 0 Å². The van der Waals surface area contributed by atoms with Gasteiger partial charge in [-0.3, -0.25) is 14.4 Å². The Labute approximate surface area is 243 Å². The number of carboxylic acids is 1. The van der Waals surface area contributed by atoms with E-state index in [0.717, 1.165) is 16.3 Å². The second-order valence-corrected chi connectivity index (χ2v) is 13.0. The van der Waals surface area contributed by atoms with Gasteiger partial charge in [-0.1, -0.05) is 73.7 Å². The number of carbonyl (C=O) groups excluding carboxylic acids is 2. The highest BCUT2D eigenvalue weighted by molar-refractivity contribution is 8.02. The van der Waals surface area contributed by atoms with Crippen LogP contribution in [0.4, 0.5) is 5.69 Å². The normalized spacial score (nSPS) is 29.0. The standard InChI is InChI=1S/C33H34N2O5S/c1-3-15-34(24-14-13-22-11-7-8-12-23(22)18-24)31(38)29-33-20(2)16-26(41-33)27(32(39)40)28(33)30(37)35(29)25(19-36)17-21-9-5-4-6-10-21/h3-14,18,20,25-29,36H,1,15-17,19H2,2H3,(H,39,40)/t20?,25-,26-,27+,28+,29?,33?/m1/s1. The summed E-state index contributed by atoms with van der Waals surface area (Å²) in [6, 6.07) is 21.7. The molecule has 0 aromatic heterocycles. The number of nitrogens with zero attached hydrogens (tertiary/aromatic N) is 2. The van der Waals surface area contributed by atoms with Crippen LogP contribution in [0.15, 0.2) is 85.5 Å². The van der Waals surface area contributed by atoms with Crippen LogP contribution in [0.3, 0.4) is 0 Å². The van der Waals surface area contributed by atoms with Crippen LogP contribution in [-0.2, 0) is 20.8 Å². The zero-order valence-corrected chi connectivity index (χ0v) is 23.7. The Morgan fingerprint density at radius 2 is 1.83 bits per heavy atom. The van der Waals surface area contributed by atoms with Gasteiger partial charge in [-0.2, -0.15) is 0 Å². The lowest BCUT2D eigenvalue weighted by Gasteiger charge is -2.42. The monoisotopic (exact) mass is 570 g/mol. The van der Waals surface area contributed by atoms with E-state index < -0.39 is 34.6 Å². The summed E-state index contributed by atoms with van der Waals surface area (Å²) in [6.07, 6.45) is 2.65. The molecule has 3 aromatic rings. The molecule has 0 radical (unpaired) electrons. The third kappa shape index (κ3) is 4.27. The zero-order chi connectivity index (χ0) is 28.9. The molecule has 3 heterocycles. The molecular weight excluding hydrogens is 536 g/mol. The van der Waals surface area contributed by atoms with Crippen molar-refractivity contribution in [1.82, 2.24) is 4.90 Å². The topological polar surface area (TPSA) is 98.2 Å². The lowest BCUT2D eigenvalue weighted by Crippen LogP contribution is -2.59. The first-order valence-corrected chi connectivity index (χ1v) is 15.0. The summed E-state index contributed by atoms with van der Waals surface area (Å²) >= 11 is 1.51. The lowest BCUT2D eigenvalue weighted by molar-refractivity contribution is -0.149. The summed E-state index contributed by atoms with van der Waals surface area (Å²) in [5, 5.41) is 22.7. The van der Waals surface area contributed by atoms with E-state index in [1.54, 1.807) is 15.9 Å². The Hall–Kier alpha value is -3.62. The first kappa shape index (κ1) is 27.5. The van der Waals surface area contributed by atoms with Gasteiger partial charge in [-0.25, -0.2) is 0 Å². The van der Waals surface area contributed by atoms with E-state index >= 15 is 0 Å². The van der Waals surface area contributed by atoms with Crippen LogP contribution in [0.2, 0.25) is 0 Å². The quantitative estimate of drug-likeness (QED) is 0.371. The third-order valence-corrected chi connectivity index (χ3v) is 11.3. The minimum atomic E-state index is -0.997. The second-order valence-electron chi connectivity index (χ2n) is 11.4. The summed E-state index contributed by atoms with van der Waals surface area (Å²) in [7, 11) is 0. The van der Waals surface area contributed by atoms with Crippen LogP contribution in [0.1, 0.15) is 18.9 Å². The van der Waals surface area contributed by atoms with E-state index in [-0.39, 0.29) is 36.1 Å². The van der Waals surface area contributed by atoms with Crippen LogP contribution in [0.5, 0.6) is 0 Å². The lowest BCUT2D eigenvalue weighted by atomic mass is 9.66. The minimum absolute atomic E-state index is 0.0562. The van der Waals surface area contributed by atoms with Gasteiger partial charge in [-0.15, -0.1) is 18.3 Å². The van der Waals surface area contributed by atoms with Crippen molar-refractivity contribution in [1.29, 1.82) is 0 Å². The van der Waals surface area contributed by atoms with E-state index in [1.165, 1.54) is 11.8 Å². The highest BCUT2D eigenvalue weighted by Crippen LogP contribution is 2.69. The highest BCUT2D eigenvalue weighted by atomic mass is 32.2. The fourth-order valence-corrected chi connectivity index (χ4v) is 9.89. The van der Waals surface area contributed by atoms with Crippen LogP contribution in [0.25, 0.3) is 10.8 Å². The number of carboxylic acid groups (broad SMARTS) is 1. The molecule has 6 rings (SSSR count). The first-order chi connectivity index (χ1) is 19.8. The maximum atomic E-state index is 14.9. The van der Waals surface area contributed by atoms with E-state index in [0.29, 0.717) is 18.5 Å². The van der Waals surface area contributed by atoms with Crippen LogP contribution < -0.4 is 4.90 Å². The summed E-state index contributed by atoms with van der Waals surface area (Å²) < 4.78 is -0.901. The molecule has 7 atom stereocenters. The number of likely N-dealkylation sites (tertiary alicyclic amines) is 1. The molecule has 2 N–H and O–H groups in total. The van der Waals surface area contributed by atoms with Crippen molar-refractivity contribution in [3.05, 3.63) is 91.0 Å². The number of thioether (sulfide) groups is 1. The van der Waals surface area contributed by atoms with Gasteiger partial charge in [0.1, 0.15) is 6.04 Å². The number of aliphatic carboxylic acids is 1. The van der Waals surface area contributed by atoms with E-state index in [4.69, 9.17) is 0 Å². The number of anilines is 1. The van der Waals surface area contributed by atoms with Gasteiger partial charge >= 0.3 is 5.97 Å². The van der Waals surface area contributed by atoms with Crippen LogP contribution >= 0.6 is 11.8 Å². The van der Waals surface area contributed by atoms with E-state index in [2.05, 4.69) is 6.58 Å².